The first kappa shape index (κ1) is 13.4. The van der Waals surface area contributed by atoms with Crippen LogP contribution in [-0.4, -0.2) is 7.11 Å². The maximum Gasteiger partial charge on any atom is 0.161 e. The van der Waals surface area contributed by atoms with E-state index in [1.165, 1.54) is 0 Å². The lowest BCUT2D eigenvalue weighted by molar-refractivity contribution is 0.284. The van der Waals surface area contributed by atoms with Gasteiger partial charge < -0.3 is 9.47 Å². The molecular weight excluding hydrogens is 306 g/mol. The van der Waals surface area contributed by atoms with Crippen LogP contribution >= 0.6 is 15.9 Å². The van der Waals surface area contributed by atoms with Crippen molar-refractivity contribution in [3.05, 3.63) is 58.1 Å². The van der Waals surface area contributed by atoms with Crippen molar-refractivity contribution in [2.24, 2.45) is 0 Å². The average molecular weight is 318 g/mol. The second kappa shape index (κ2) is 6.26. The number of hydrogen-bond donors (Lipinski definition) is 0. The van der Waals surface area contributed by atoms with Crippen LogP contribution in [0.3, 0.4) is 0 Å². The fraction of sp³-hybridized carbons (Fsp3) is 0.133. The Morgan fingerprint density at radius 3 is 2.68 bits per heavy atom. The van der Waals surface area contributed by atoms with E-state index in [1.54, 1.807) is 13.2 Å². The Morgan fingerprint density at radius 1 is 1.16 bits per heavy atom. The highest BCUT2D eigenvalue weighted by Gasteiger charge is 2.07. The van der Waals surface area contributed by atoms with Crippen molar-refractivity contribution >= 4 is 15.9 Å². The van der Waals surface area contributed by atoms with Gasteiger partial charge in [-0.05, 0) is 24.3 Å². The highest BCUT2D eigenvalue weighted by Crippen LogP contribution is 2.30. The maximum absolute atomic E-state index is 9.02. The summed E-state index contributed by atoms with van der Waals surface area (Å²) in [6.45, 7) is 0.335. The summed E-state index contributed by atoms with van der Waals surface area (Å²) in [4.78, 5) is 0. The van der Waals surface area contributed by atoms with E-state index < -0.39 is 0 Å². The third-order valence-electron chi connectivity index (χ3n) is 2.65. The molecule has 0 saturated heterocycles. The molecule has 96 valence electrons. The number of nitrogens with zero attached hydrogens (tertiary/aromatic N) is 1. The van der Waals surface area contributed by atoms with Gasteiger partial charge in [-0.3, -0.25) is 0 Å². The van der Waals surface area contributed by atoms with E-state index in [0.29, 0.717) is 23.7 Å². The molecule has 0 amide bonds. The molecule has 0 aliphatic heterocycles. The van der Waals surface area contributed by atoms with Crippen molar-refractivity contribution < 1.29 is 9.47 Å². The zero-order valence-corrected chi connectivity index (χ0v) is 12.0. The molecule has 2 aromatic rings. The number of ether oxygens (including phenoxy) is 2. The topological polar surface area (TPSA) is 42.2 Å². The molecule has 2 aromatic carbocycles. The van der Waals surface area contributed by atoms with E-state index in [-0.39, 0.29) is 0 Å². The molecule has 0 aliphatic rings. The number of methoxy groups -OCH3 is 1. The van der Waals surface area contributed by atoms with Gasteiger partial charge in [0.15, 0.2) is 11.5 Å². The van der Waals surface area contributed by atoms with E-state index in [2.05, 4.69) is 22.0 Å². The van der Waals surface area contributed by atoms with Crippen LogP contribution in [0.5, 0.6) is 11.5 Å². The molecule has 0 aromatic heterocycles. The predicted octanol–water partition coefficient (Wildman–Crippen LogP) is 3.91. The largest absolute Gasteiger partial charge is 0.493 e. The predicted molar refractivity (Wildman–Crippen MR) is 76.2 cm³/mol. The lowest BCUT2D eigenvalue weighted by atomic mass is 10.1. The van der Waals surface area contributed by atoms with E-state index in [1.807, 2.05) is 36.4 Å². The van der Waals surface area contributed by atoms with Gasteiger partial charge >= 0.3 is 0 Å². The zero-order valence-electron chi connectivity index (χ0n) is 10.4. The first-order valence-electron chi connectivity index (χ1n) is 5.69. The second-order valence-corrected chi connectivity index (χ2v) is 4.77. The Balaban J connectivity index is 2.17. The first-order valence-corrected chi connectivity index (χ1v) is 6.48. The molecule has 0 N–H and O–H groups in total. The van der Waals surface area contributed by atoms with Crippen LogP contribution in [0.1, 0.15) is 11.1 Å². The minimum atomic E-state index is 0.335. The minimum absolute atomic E-state index is 0.335. The van der Waals surface area contributed by atoms with E-state index in [4.69, 9.17) is 14.7 Å². The fourth-order valence-corrected chi connectivity index (χ4v) is 2.01. The van der Waals surface area contributed by atoms with Crippen LogP contribution in [-0.2, 0) is 6.61 Å². The summed E-state index contributed by atoms with van der Waals surface area (Å²) >= 11 is 3.38. The van der Waals surface area contributed by atoms with Crippen LogP contribution in [0.15, 0.2) is 46.9 Å². The highest BCUT2D eigenvalue weighted by molar-refractivity contribution is 9.10. The smallest absolute Gasteiger partial charge is 0.161 e. The normalized spacial score (nSPS) is 9.74. The van der Waals surface area contributed by atoms with Gasteiger partial charge in [0.05, 0.1) is 18.7 Å². The molecule has 0 radical (unpaired) electrons. The van der Waals surface area contributed by atoms with E-state index in [9.17, 15) is 0 Å². The molecule has 0 aliphatic carbocycles. The molecule has 0 atom stereocenters. The Bertz CT molecular complexity index is 620. The molecule has 19 heavy (non-hydrogen) atoms. The molecule has 0 bridgehead atoms. The summed E-state index contributed by atoms with van der Waals surface area (Å²) < 4.78 is 11.9. The van der Waals surface area contributed by atoms with E-state index in [0.717, 1.165) is 10.0 Å². The number of benzene rings is 2. The molecule has 0 spiro atoms. The van der Waals surface area contributed by atoms with Gasteiger partial charge in [-0.1, -0.05) is 34.1 Å². The zero-order chi connectivity index (χ0) is 13.7. The first-order chi connectivity index (χ1) is 9.24. The van der Waals surface area contributed by atoms with Gasteiger partial charge in [-0.15, -0.1) is 0 Å². The molecule has 0 heterocycles. The summed E-state index contributed by atoms with van der Waals surface area (Å²) in [5, 5.41) is 9.02. The lowest BCUT2D eigenvalue weighted by Crippen LogP contribution is -1.99. The Hall–Kier alpha value is -1.99. The number of nitriles is 1. The van der Waals surface area contributed by atoms with Gasteiger partial charge in [0, 0.05) is 10.0 Å². The third kappa shape index (κ3) is 3.27. The molecule has 0 unspecified atom stereocenters. The van der Waals surface area contributed by atoms with Crippen molar-refractivity contribution in [3.63, 3.8) is 0 Å². The van der Waals surface area contributed by atoms with Crippen LogP contribution in [0, 0.1) is 11.3 Å². The van der Waals surface area contributed by atoms with Gasteiger partial charge in [0.25, 0.3) is 0 Å². The van der Waals surface area contributed by atoms with Crippen molar-refractivity contribution in [2.45, 2.75) is 6.61 Å². The Kier molecular flexibility index (Phi) is 4.43. The molecule has 2 rings (SSSR count). The quantitative estimate of drug-likeness (QED) is 0.858. The average Bonchev–Trinajstić information content (AvgIpc) is 2.46. The summed E-state index contributed by atoms with van der Waals surface area (Å²) in [5.74, 6) is 1.31. The van der Waals surface area contributed by atoms with Crippen molar-refractivity contribution in [1.82, 2.24) is 0 Å². The molecule has 3 nitrogen and oxygen atoms in total. The molecule has 0 fully saturated rings. The summed E-state index contributed by atoms with van der Waals surface area (Å²) in [5.41, 5.74) is 1.48. The van der Waals surface area contributed by atoms with Crippen LogP contribution in [0.25, 0.3) is 0 Å². The third-order valence-corrected chi connectivity index (χ3v) is 3.14. The summed E-state index contributed by atoms with van der Waals surface area (Å²) in [6.07, 6.45) is 0. The van der Waals surface area contributed by atoms with E-state index >= 15 is 0 Å². The monoisotopic (exact) mass is 317 g/mol. The Morgan fingerprint density at radius 2 is 1.95 bits per heavy atom. The highest BCUT2D eigenvalue weighted by atomic mass is 79.9. The number of halogens is 1. The maximum atomic E-state index is 9.02. The van der Waals surface area contributed by atoms with Crippen LogP contribution < -0.4 is 9.47 Å². The summed E-state index contributed by atoms with van der Waals surface area (Å²) in [6, 6.07) is 15.1. The van der Waals surface area contributed by atoms with Gasteiger partial charge in [-0.25, -0.2) is 0 Å². The van der Waals surface area contributed by atoms with Crippen molar-refractivity contribution in [3.8, 4) is 17.6 Å². The van der Waals surface area contributed by atoms with Gasteiger partial charge in [0.1, 0.15) is 6.61 Å². The number of rotatable bonds is 4. The SMILES string of the molecule is COc1cc(Br)ccc1OCc1ccccc1C#N. The van der Waals surface area contributed by atoms with Crippen LogP contribution in [0.4, 0.5) is 0 Å². The molecule has 4 heteroatoms. The standard InChI is InChI=1S/C15H12BrNO2/c1-18-15-8-13(16)6-7-14(15)19-10-12-5-3-2-4-11(12)9-17/h2-8H,10H2,1H3. The Labute approximate surface area is 120 Å². The second-order valence-electron chi connectivity index (χ2n) is 3.85. The van der Waals surface area contributed by atoms with Gasteiger partial charge in [0.2, 0.25) is 0 Å². The van der Waals surface area contributed by atoms with Crippen molar-refractivity contribution in [2.75, 3.05) is 7.11 Å². The van der Waals surface area contributed by atoms with Crippen LogP contribution in [0.2, 0.25) is 0 Å². The lowest BCUT2D eigenvalue weighted by Gasteiger charge is -2.11. The fourth-order valence-electron chi connectivity index (χ4n) is 1.67. The number of hydrogen-bond acceptors (Lipinski definition) is 3. The molecule has 0 saturated carbocycles. The molecular formula is C15H12BrNO2. The van der Waals surface area contributed by atoms with Gasteiger partial charge in [-0.2, -0.15) is 5.26 Å². The minimum Gasteiger partial charge on any atom is -0.493 e. The summed E-state index contributed by atoms with van der Waals surface area (Å²) in [7, 11) is 1.60. The van der Waals surface area contributed by atoms with Crippen molar-refractivity contribution in [1.29, 1.82) is 5.26 Å².